The molecule has 1 fully saturated rings. The highest BCUT2D eigenvalue weighted by atomic mass is 28.4. The number of anilines is 1. The topological polar surface area (TPSA) is 64.4 Å². The predicted octanol–water partition coefficient (Wildman–Crippen LogP) is 6.15. The smallest absolute Gasteiger partial charge is 0.263 e. The van der Waals surface area contributed by atoms with Crippen LogP contribution >= 0.6 is 0 Å². The van der Waals surface area contributed by atoms with Gasteiger partial charge in [0, 0.05) is 30.8 Å². The Balaban J connectivity index is 1.57. The monoisotopic (exact) mass is 503 g/mol. The summed E-state index contributed by atoms with van der Waals surface area (Å²) in [6.45, 7) is 16.2. The molecule has 1 aliphatic carbocycles. The van der Waals surface area contributed by atoms with Gasteiger partial charge in [0.1, 0.15) is 0 Å². The summed E-state index contributed by atoms with van der Waals surface area (Å²) in [5.41, 5.74) is 4.36. The van der Waals surface area contributed by atoms with Crippen LogP contribution in [0.1, 0.15) is 73.6 Å². The molecule has 1 aromatic heterocycles. The Morgan fingerprint density at radius 3 is 2.25 bits per heavy atom. The molecular formula is C29H37N3O3Si. The van der Waals surface area contributed by atoms with Gasteiger partial charge in [-0.25, -0.2) is 4.98 Å². The average molecular weight is 504 g/mol. The van der Waals surface area contributed by atoms with Crippen LogP contribution in [0.25, 0.3) is 10.9 Å². The molecule has 0 unspecified atom stereocenters. The van der Waals surface area contributed by atoms with Gasteiger partial charge < -0.3 is 9.33 Å². The molecule has 1 saturated carbocycles. The number of aromatic nitrogens is 2. The Bertz CT molecular complexity index is 1390. The molecule has 2 aliphatic rings. The number of carbonyl (C=O) groups excluding carboxylic acids is 1. The van der Waals surface area contributed by atoms with Crippen LogP contribution in [0.5, 0.6) is 0 Å². The molecule has 0 bridgehead atoms. The third-order valence-corrected chi connectivity index (χ3v) is 12.9. The minimum absolute atomic E-state index is 0.0316. The van der Waals surface area contributed by atoms with E-state index in [4.69, 9.17) is 9.41 Å². The summed E-state index contributed by atoms with van der Waals surface area (Å²) in [7, 11) is -1.89. The molecule has 0 saturated heterocycles. The van der Waals surface area contributed by atoms with E-state index >= 15 is 0 Å². The summed E-state index contributed by atoms with van der Waals surface area (Å²) in [5, 5.41) is 0.668. The zero-order chi connectivity index (χ0) is 26.0. The molecule has 6 nitrogen and oxygen atoms in total. The van der Waals surface area contributed by atoms with Crippen molar-refractivity contribution in [1.29, 1.82) is 0 Å². The molecule has 190 valence electrons. The molecule has 3 aromatic rings. The zero-order valence-corrected chi connectivity index (χ0v) is 23.5. The maximum atomic E-state index is 14.0. The summed E-state index contributed by atoms with van der Waals surface area (Å²) in [5.74, 6) is 0.585. The summed E-state index contributed by atoms with van der Waals surface area (Å²) < 4.78 is 8.54. The van der Waals surface area contributed by atoms with E-state index in [0.29, 0.717) is 35.5 Å². The normalized spacial score (nSPS) is 19.9. The van der Waals surface area contributed by atoms with Gasteiger partial charge in [0.2, 0.25) is 5.95 Å². The fourth-order valence-electron chi connectivity index (χ4n) is 5.17. The van der Waals surface area contributed by atoms with Gasteiger partial charge in [-0.05, 0) is 73.6 Å². The molecule has 7 heteroatoms. The quantitative estimate of drug-likeness (QED) is 0.308. The first kappa shape index (κ1) is 24.9. The Hall–Kier alpha value is -2.77. The number of hydrogen-bond acceptors (Lipinski definition) is 5. The molecule has 1 aliphatic heterocycles. The van der Waals surface area contributed by atoms with Crippen molar-refractivity contribution in [3.63, 3.8) is 0 Å². The van der Waals surface area contributed by atoms with Crippen LogP contribution < -0.4 is 10.5 Å². The summed E-state index contributed by atoms with van der Waals surface area (Å²) in [6.07, 6.45) is 1.77. The number of fused-ring (bicyclic) bond motifs is 2. The SMILES string of the molecule is CC(=O)c1cc(C)cc2c(=O)n([C@H]3C[C@H](O[Si](C)(C)C(C)(C)C)C3)c(N3Cc4ccccc4C3)nc12. The summed E-state index contributed by atoms with van der Waals surface area (Å²) in [4.78, 5) is 33.8. The Kier molecular flexibility index (Phi) is 5.99. The molecule has 0 amide bonds. The predicted molar refractivity (Wildman–Crippen MR) is 147 cm³/mol. The van der Waals surface area contributed by atoms with E-state index in [1.807, 2.05) is 23.6 Å². The lowest BCUT2D eigenvalue weighted by Crippen LogP contribution is -2.49. The Morgan fingerprint density at radius 1 is 1.08 bits per heavy atom. The van der Waals surface area contributed by atoms with Gasteiger partial charge in [0.25, 0.3) is 5.56 Å². The zero-order valence-electron chi connectivity index (χ0n) is 22.5. The first-order valence-electron chi connectivity index (χ1n) is 12.9. The van der Waals surface area contributed by atoms with Crippen LogP contribution in [0.3, 0.4) is 0 Å². The van der Waals surface area contributed by atoms with E-state index in [1.165, 1.54) is 11.1 Å². The van der Waals surface area contributed by atoms with Crippen LogP contribution in [0, 0.1) is 6.92 Å². The number of hydrogen-bond donors (Lipinski definition) is 0. The van der Waals surface area contributed by atoms with Gasteiger partial charge in [0.05, 0.1) is 10.9 Å². The van der Waals surface area contributed by atoms with Crippen LogP contribution in [0.15, 0.2) is 41.2 Å². The third kappa shape index (κ3) is 4.22. The van der Waals surface area contributed by atoms with E-state index in [9.17, 15) is 9.59 Å². The van der Waals surface area contributed by atoms with E-state index in [2.05, 4.69) is 63.0 Å². The van der Waals surface area contributed by atoms with Crippen molar-refractivity contribution in [3.8, 4) is 0 Å². The molecular weight excluding hydrogens is 466 g/mol. The lowest BCUT2D eigenvalue weighted by Gasteiger charge is -2.45. The third-order valence-electron chi connectivity index (χ3n) is 8.34. The number of benzene rings is 2. The van der Waals surface area contributed by atoms with Crippen LogP contribution in [0.4, 0.5) is 5.95 Å². The Labute approximate surface area is 214 Å². The first-order chi connectivity index (χ1) is 16.9. The van der Waals surface area contributed by atoms with Crippen molar-refractivity contribution < 1.29 is 9.22 Å². The van der Waals surface area contributed by atoms with Crippen molar-refractivity contribution in [1.82, 2.24) is 9.55 Å². The van der Waals surface area contributed by atoms with Crippen molar-refractivity contribution in [2.75, 3.05) is 4.90 Å². The van der Waals surface area contributed by atoms with Crippen molar-refractivity contribution in [3.05, 3.63) is 69.0 Å². The number of carbonyl (C=O) groups is 1. The van der Waals surface area contributed by atoms with E-state index < -0.39 is 8.32 Å². The minimum atomic E-state index is -1.89. The largest absolute Gasteiger partial charge is 0.414 e. The van der Waals surface area contributed by atoms with Crippen molar-refractivity contribution in [2.45, 2.75) is 90.8 Å². The number of nitrogens with zero attached hydrogens (tertiary/aromatic N) is 3. The van der Waals surface area contributed by atoms with Crippen LogP contribution in [-0.2, 0) is 17.5 Å². The van der Waals surface area contributed by atoms with Gasteiger partial charge in [-0.15, -0.1) is 0 Å². The van der Waals surface area contributed by atoms with Crippen molar-refractivity contribution >= 4 is 31.0 Å². The number of Topliss-reactive ketones (excluding diaryl/α,β-unsaturated/α-hetero) is 1. The molecule has 0 spiro atoms. The standard InChI is InChI=1S/C29H37N3O3Si/c1-18-12-24(19(2)33)26-25(13-18)27(34)32(22-14-23(15-22)35-36(6,7)29(3,4)5)28(30-26)31-16-20-10-8-9-11-21(20)17-31/h8-13,22-23H,14-17H2,1-7H3/t22-,23-. The lowest BCUT2D eigenvalue weighted by atomic mass is 9.89. The van der Waals surface area contributed by atoms with Crippen molar-refractivity contribution in [2.24, 2.45) is 0 Å². The van der Waals surface area contributed by atoms with Gasteiger partial charge in [-0.1, -0.05) is 45.0 Å². The number of ketones is 1. The van der Waals surface area contributed by atoms with Crippen LogP contribution in [0.2, 0.25) is 18.1 Å². The highest BCUT2D eigenvalue weighted by Gasteiger charge is 2.44. The lowest BCUT2D eigenvalue weighted by molar-refractivity contribution is 0.0568. The van der Waals surface area contributed by atoms with E-state index in [1.54, 1.807) is 6.92 Å². The maximum Gasteiger partial charge on any atom is 0.263 e. The fraction of sp³-hybridized carbons (Fsp3) is 0.483. The maximum absolute atomic E-state index is 14.0. The fourth-order valence-corrected chi connectivity index (χ4v) is 6.55. The summed E-state index contributed by atoms with van der Waals surface area (Å²) in [6, 6.07) is 12.1. The Morgan fingerprint density at radius 2 is 1.69 bits per heavy atom. The molecule has 5 rings (SSSR count). The van der Waals surface area contributed by atoms with Gasteiger partial charge in [-0.2, -0.15) is 0 Å². The molecule has 2 aromatic carbocycles. The second-order valence-electron chi connectivity index (χ2n) is 12.1. The summed E-state index contributed by atoms with van der Waals surface area (Å²) >= 11 is 0. The molecule has 0 atom stereocenters. The second kappa shape index (κ2) is 8.66. The number of aryl methyl sites for hydroxylation is 1. The second-order valence-corrected chi connectivity index (χ2v) is 16.9. The minimum Gasteiger partial charge on any atom is -0.414 e. The highest BCUT2D eigenvalue weighted by Crippen LogP contribution is 2.44. The van der Waals surface area contributed by atoms with Crippen LogP contribution in [-0.4, -0.2) is 29.8 Å². The average Bonchev–Trinajstić information content (AvgIpc) is 3.19. The molecule has 36 heavy (non-hydrogen) atoms. The molecule has 0 radical (unpaired) electrons. The number of rotatable bonds is 5. The van der Waals surface area contributed by atoms with Gasteiger partial charge >= 0.3 is 0 Å². The first-order valence-corrected chi connectivity index (χ1v) is 15.8. The highest BCUT2D eigenvalue weighted by molar-refractivity contribution is 6.74. The van der Waals surface area contributed by atoms with E-state index in [-0.39, 0.29) is 28.5 Å². The molecule has 2 heterocycles. The van der Waals surface area contributed by atoms with E-state index in [0.717, 1.165) is 18.4 Å². The van der Waals surface area contributed by atoms with Gasteiger partial charge in [-0.3, -0.25) is 14.2 Å². The van der Waals surface area contributed by atoms with Gasteiger partial charge in [0.15, 0.2) is 14.1 Å². The molecule has 0 N–H and O–H groups in total.